The number of sulfonamides is 1. The van der Waals surface area contributed by atoms with Gasteiger partial charge in [0.1, 0.15) is 23.4 Å². The van der Waals surface area contributed by atoms with Crippen molar-refractivity contribution in [3.05, 3.63) is 88.5 Å². The molecule has 1 N–H and O–H groups in total. The van der Waals surface area contributed by atoms with Crippen LogP contribution in [0.5, 0.6) is 0 Å². The topological polar surface area (TPSA) is 156 Å². The highest BCUT2D eigenvalue weighted by Crippen LogP contribution is 2.45. The van der Waals surface area contributed by atoms with Crippen molar-refractivity contribution in [2.45, 2.75) is 42.8 Å². The number of nitrogens with one attached hydrogen (secondary N) is 1. The van der Waals surface area contributed by atoms with Gasteiger partial charge in [0, 0.05) is 41.0 Å². The van der Waals surface area contributed by atoms with Crippen molar-refractivity contribution in [1.29, 1.82) is 0 Å². The first-order chi connectivity index (χ1) is 22.6. The Morgan fingerprint density at radius 1 is 1.06 bits per heavy atom. The summed E-state index contributed by atoms with van der Waals surface area (Å²) >= 11 is 13.8. The monoisotopic (exact) mass is 709 g/mol. The van der Waals surface area contributed by atoms with Gasteiger partial charge in [-0.3, -0.25) is 19.5 Å². The van der Waals surface area contributed by atoms with Crippen molar-refractivity contribution in [1.82, 2.24) is 34.0 Å². The van der Waals surface area contributed by atoms with E-state index < -0.39 is 33.4 Å². The molecule has 7 rings (SSSR count). The third-order valence-corrected chi connectivity index (χ3v) is 11.2. The molecule has 2 atom stereocenters. The summed E-state index contributed by atoms with van der Waals surface area (Å²) in [4.78, 5) is 41.7. The normalized spacial score (nSPS) is 19.7. The highest BCUT2D eigenvalue weighted by atomic mass is 35.5. The number of amides is 2. The second kappa shape index (κ2) is 12.1. The zero-order chi connectivity index (χ0) is 32.9. The van der Waals surface area contributed by atoms with E-state index in [4.69, 9.17) is 23.2 Å². The Hall–Kier alpha value is -4.28. The smallest absolute Gasteiger partial charge is 0.261 e. The van der Waals surface area contributed by atoms with Gasteiger partial charge in [-0.25, -0.2) is 28.3 Å². The third kappa shape index (κ3) is 5.57. The molecule has 2 aliphatic rings. The zero-order valence-electron chi connectivity index (χ0n) is 24.6. The molecular formula is C30H25Cl2N9O4S2. The minimum atomic E-state index is -4.35. The number of aromatic nitrogens is 6. The van der Waals surface area contributed by atoms with Gasteiger partial charge in [0.15, 0.2) is 5.03 Å². The molecular weight excluding hydrogens is 685 g/mol. The molecule has 5 heterocycles. The van der Waals surface area contributed by atoms with Crippen LogP contribution in [0.3, 0.4) is 0 Å². The number of carbonyl (C=O) groups excluding carboxylic acids is 2. The maximum atomic E-state index is 14.5. The van der Waals surface area contributed by atoms with Crippen LogP contribution in [0.4, 0.5) is 16.8 Å². The van der Waals surface area contributed by atoms with Crippen LogP contribution in [0, 0.1) is 0 Å². The molecule has 13 nitrogen and oxygen atoms in total. The molecule has 1 saturated heterocycles. The van der Waals surface area contributed by atoms with E-state index in [0.29, 0.717) is 28.6 Å². The van der Waals surface area contributed by atoms with Crippen molar-refractivity contribution in [3.8, 4) is 11.1 Å². The van der Waals surface area contributed by atoms with Crippen LogP contribution in [0.15, 0.2) is 77.9 Å². The molecule has 0 radical (unpaired) electrons. The fourth-order valence-corrected chi connectivity index (χ4v) is 8.91. The highest BCUT2D eigenvalue weighted by molar-refractivity contribution is 7.89. The minimum Gasteiger partial charge on any atom is -0.299 e. The first-order valence-electron chi connectivity index (χ1n) is 14.4. The Morgan fingerprint density at radius 2 is 1.79 bits per heavy atom. The Balaban J connectivity index is 1.30. The molecule has 2 unspecified atom stereocenters. The van der Waals surface area contributed by atoms with Crippen LogP contribution in [0.2, 0.25) is 10.0 Å². The Morgan fingerprint density at radius 3 is 2.47 bits per heavy atom. The van der Waals surface area contributed by atoms with E-state index in [0.717, 1.165) is 32.3 Å². The fraction of sp³-hybridized carbons (Fsp3) is 0.233. The van der Waals surface area contributed by atoms with Crippen LogP contribution in [0.25, 0.3) is 11.1 Å². The second-order valence-corrected chi connectivity index (χ2v) is 14.8. The minimum absolute atomic E-state index is 0.0847. The van der Waals surface area contributed by atoms with Gasteiger partial charge >= 0.3 is 0 Å². The number of imidazole rings is 1. The Labute approximate surface area is 283 Å². The third-order valence-electron chi connectivity index (χ3n) is 8.24. The van der Waals surface area contributed by atoms with E-state index in [-0.39, 0.29) is 29.1 Å². The molecule has 2 aliphatic heterocycles. The van der Waals surface area contributed by atoms with E-state index in [1.807, 2.05) is 24.3 Å². The van der Waals surface area contributed by atoms with Gasteiger partial charge in [0.25, 0.3) is 15.9 Å². The van der Waals surface area contributed by atoms with Gasteiger partial charge in [0.05, 0.1) is 11.9 Å². The van der Waals surface area contributed by atoms with E-state index >= 15 is 0 Å². The zero-order valence-corrected chi connectivity index (χ0v) is 27.8. The molecule has 1 fully saturated rings. The van der Waals surface area contributed by atoms with Gasteiger partial charge in [-0.15, -0.1) is 10.2 Å². The average molecular weight is 711 g/mol. The number of hydrogen-bond acceptors (Lipinski definition) is 10. The van der Waals surface area contributed by atoms with E-state index in [9.17, 15) is 18.0 Å². The van der Waals surface area contributed by atoms with Crippen molar-refractivity contribution in [2.75, 3.05) is 16.8 Å². The maximum absolute atomic E-state index is 14.5. The first-order valence-corrected chi connectivity index (χ1v) is 17.5. The van der Waals surface area contributed by atoms with Crippen LogP contribution < -0.4 is 10.2 Å². The molecule has 5 aromatic rings. The SMILES string of the molecule is CC1(Cc2ccc(-c3cncnc3)cc2)C(=O)N(c2cc(Cl)cc(Cl)c2)c2ncc(S(=O)(=O)N3CCCC3C(=O)Nc3nncs3)n21. The lowest BCUT2D eigenvalue weighted by Crippen LogP contribution is -2.46. The Bertz CT molecular complexity index is 2080. The van der Waals surface area contributed by atoms with Gasteiger partial charge in [-0.2, -0.15) is 4.31 Å². The van der Waals surface area contributed by atoms with Gasteiger partial charge in [0.2, 0.25) is 17.0 Å². The van der Waals surface area contributed by atoms with Crippen LogP contribution in [0.1, 0.15) is 25.3 Å². The Kier molecular flexibility index (Phi) is 8.04. The summed E-state index contributed by atoms with van der Waals surface area (Å²) in [6.07, 6.45) is 6.98. The predicted molar refractivity (Wildman–Crippen MR) is 176 cm³/mol. The molecule has 0 bridgehead atoms. The number of halogens is 2. The lowest BCUT2D eigenvalue weighted by atomic mass is 9.91. The van der Waals surface area contributed by atoms with Gasteiger partial charge < -0.3 is 0 Å². The molecule has 17 heteroatoms. The second-order valence-electron chi connectivity index (χ2n) is 11.3. The molecule has 47 heavy (non-hydrogen) atoms. The van der Waals surface area contributed by atoms with Crippen molar-refractivity contribution < 1.29 is 18.0 Å². The van der Waals surface area contributed by atoms with Crippen molar-refractivity contribution >= 4 is 73.1 Å². The summed E-state index contributed by atoms with van der Waals surface area (Å²) in [6, 6.07) is 11.2. The van der Waals surface area contributed by atoms with Gasteiger partial charge in [-0.05, 0) is 49.1 Å². The number of anilines is 3. The number of carbonyl (C=O) groups is 2. The summed E-state index contributed by atoms with van der Waals surface area (Å²) in [7, 11) is -4.35. The van der Waals surface area contributed by atoms with E-state index in [1.54, 1.807) is 31.5 Å². The van der Waals surface area contributed by atoms with Crippen LogP contribution in [-0.4, -0.2) is 66.8 Å². The number of fused-ring (bicyclic) bond motifs is 1. The number of rotatable bonds is 8. The molecule has 0 spiro atoms. The number of nitrogens with zero attached hydrogens (tertiary/aromatic N) is 8. The number of hydrogen-bond donors (Lipinski definition) is 1. The molecule has 0 aliphatic carbocycles. The lowest BCUT2D eigenvalue weighted by molar-refractivity contribution is -0.124. The fourth-order valence-electron chi connectivity index (χ4n) is 6.10. The van der Waals surface area contributed by atoms with Crippen LogP contribution in [-0.2, 0) is 31.6 Å². The largest absolute Gasteiger partial charge is 0.299 e. The van der Waals surface area contributed by atoms with Gasteiger partial charge in [-0.1, -0.05) is 58.8 Å². The standard InChI is InChI=1S/C30H25Cl2N9O4S2/c1-30(12-18-4-6-19(7-5-18)20-13-33-16-34-14-20)27(43)40(23-10-21(31)9-22(32)11-23)29-35-15-25(41(29)30)47(44,45)39-8-2-3-24(39)26(42)37-28-38-36-17-46-28/h4-7,9-11,13-17,24H,2-3,8,12H2,1H3,(H,37,38,42). The van der Waals surface area contributed by atoms with E-state index in [2.05, 4.69) is 30.5 Å². The maximum Gasteiger partial charge on any atom is 0.261 e. The lowest BCUT2D eigenvalue weighted by Gasteiger charge is -2.29. The quantitative estimate of drug-likeness (QED) is 0.236. The van der Waals surface area contributed by atoms with Crippen LogP contribution >= 0.6 is 34.5 Å². The molecule has 240 valence electrons. The summed E-state index contributed by atoms with van der Waals surface area (Å²) < 4.78 is 31.5. The van der Waals surface area contributed by atoms with Crippen molar-refractivity contribution in [2.24, 2.45) is 0 Å². The highest BCUT2D eigenvalue weighted by Gasteiger charge is 2.53. The predicted octanol–water partition coefficient (Wildman–Crippen LogP) is 4.93. The summed E-state index contributed by atoms with van der Waals surface area (Å²) in [5.41, 5.74) is 2.82. The summed E-state index contributed by atoms with van der Waals surface area (Å²) in [5.74, 6) is -0.855. The molecule has 3 aromatic heterocycles. The number of benzene rings is 2. The summed E-state index contributed by atoms with van der Waals surface area (Å²) in [6.45, 7) is 1.79. The summed E-state index contributed by atoms with van der Waals surface area (Å²) in [5, 5.41) is 10.9. The van der Waals surface area contributed by atoms with E-state index in [1.165, 1.54) is 33.6 Å². The molecule has 2 aromatic carbocycles. The first kappa shape index (κ1) is 31.3. The average Bonchev–Trinajstić information content (AvgIpc) is 3.85. The molecule has 2 amide bonds. The van der Waals surface area contributed by atoms with Crippen molar-refractivity contribution in [3.63, 3.8) is 0 Å². The molecule has 0 saturated carbocycles.